The molecule has 1 aliphatic heterocycles. The maximum absolute atomic E-state index is 12.2. The fourth-order valence-corrected chi connectivity index (χ4v) is 3.17. The van der Waals surface area contributed by atoms with Crippen LogP contribution in [0.1, 0.15) is 27.4 Å². The van der Waals surface area contributed by atoms with Crippen LogP contribution in [0.15, 0.2) is 12.1 Å². The number of amides is 1. The zero-order chi connectivity index (χ0) is 12.3. The van der Waals surface area contributed by atoms with Gasteiger partial charge in [0.1, 0.15) is 0 Å². The van der Waals surface area contributed by atoms with E-state index in [4.69, 9.17) is 0 Å². The first kappa shape index (κ1) is 12.6. The van der Waals surface area contributed by atoms with E-state index in [2.05, 4.69) is 5.32 Å². The van der Waals surface area contributed by atoms with E-state index < -0.39 is 0 Å². The van der Waals surface area contributed by atoms with E-state index in [-0.39, 0.29) is 5.91 Å². The Morgan fingerprint density at radius 2 is 2.18 bits per heavy atom. The minimum Gasteiger partial charge on any atom is -0.338 e. The predicted molar refractivity (Wildman–Crippen MR) is 71.6 cm³/mol. The average Bonchev–Trinajstić information content (AvgIpc) is 2.76. The van der Waals surface area contributed by atoms with Crippen molar-refractivity contribution in [3.05, 3.63) is 21.9 Å². The van der Waals surface area contributed by atoms with Crippen molar-refractivity contribution in [3.8, 4) is 0 Å². The fraction of sp³-hybridized carbons (Fsp3) is 0.615. The summed E-state index contributed by atoms with van der Waals surface area (Å²) in [5.74, 6) is 0.945. The topological polar surface area (TPSA) is 32.3 Å². The van der Waals surface area contributed by atoms with Crippen molar-refractivity contribution < 1.29 is 4.79 Å². The van der Waals surface area contributed by atoms with Crippen molar-refractivity contribution in [1.82, 2.24) is 10.2 Å². The number of hydrogen-bond donors (Lipinski definition) is 1. The Morgan fingerprint density at radius 3 is 2.71 bits per heavy atom. The van der Waals surface area contributed by atoms with Gasteiger partial charge in [0.05, 0.1) is 4.88 Å². The monoisotopic (exact) mass is 252 g/mol. The van der Waals surface area contributed by atoms with Crippen LogP contribution in [-0.4, -0.2) is 37.5 Å². The van der Waals surface area contributed by atoms with Crippen LogP contribution < -0.4 is 5.32 Å². The van der Waals surface area contributed by atoms with E-state index in [1.165, 1.54) is 4.88 Å². The second-order valence-electron chi connectivity index (χ2n) is 4.70. The van der Waals surface area contributed by atoms with Crippen LogP contribution in [-0.2, 0) is 0 Å². The molecule has 0 aromatic carbocycles. The number of thiophene rings is 1. The van der Waals surface area contributed by atoms with Crippen LogP contribution in [0.25, 0.3) is 0 Å². The van der Waals surface area contributed by atoms with Crippen LogP contribution in [0.5, 0.6) is 0 Å². The van der Waals surface area contributed by atoms with Gasteiger partial charge >= 0.3 is 0 Å². The van der Waals surface area contributed by atoms with Gasteiger partial charge in [0.15, 0.2) is 0 Å². The summed E-state index contributed by atoms with van der Waals surface area (Å²) >= 11 is 1.60. The molecule has 17 heavy (non-hydrogen) atoms. The number of aryl methyl sites for hydroxylation is 1. The van der Waals surface area contributed by atoms with Gasteiger partial charge in [-0.1, -0.05) is 0 Å². The van der Waals surface area contributed by atoms with Crippen molar-refractivity contribution in [1.29, 1.82) is 0 Å². The van der Waals surface area contributed by atoms with Gasteiger partial charge in [0.2, 0.25) is 0 Å². The molecule has 2 heterocycles. The minimum atomic E-state index is 0.214. The second kappa shape index (κ2) is 5.65. The highest BCUT2D eigenvalue weighted by Gasteiger charge is 2.23. The summed E-state index contributed by atoms with van der Waals surface area (Å²) in [6.07, 6.45) is 2.24. The Labute approximate surface area is 107 Å². The number of nitrogens with zero attached hydrogens (tertiary/aromatic N) is 1. The lowest BCUT2D eigenvalue weighted by molar-refractivity contribution is 0.0696. The van der Waals surface area contributed by atoms with Gasteiger partial charge in [-0.2, -0.15) is 0 Å². The highest BCUT2D eigenvalue weighted by Crippen LogP contribution is 2.21. The zero-order valence-electron chi connectivity index (χ0n) is 10.5. The summed E-state index contributed by atoms with van der Waals surface area (Å²) in [5.41, 5.74) is 0. The Bertz CT molecular complexity index is 381. The molecule has 0 aliphatic carbocycles. The lowest BCUT2D eigenvalue weighted by atomic mass is 9.97. The van der Waals surface area contributed by atoms with E-state index >= 15 is 0 Å². The number of carbonyl (C=O) groups is 1. The highest BCUT2D eigenvalue weighted by atomic mass is 32.1. The van der Waals surface area contributed by atoms with Gasteiger partial charge in [0, 0.05) is 18.0 Å². The lowest BCUT2D eigenvalue weighted by Gasteiger charge is -2.31. The molecular weight excluding hydrogens is 232 g/mol. The molecule has 0 radical (unpaired) electrons. The maximum Gasteiger partial charge on any atom is 0.263 e. The minimum absolute atomic E-state index is 0.214. The SMILES string of the molecule is CNCC1CCN(C(=O)c2ccc(C)s2)CC1. The predicted octanol–water partition coefficient (Wildman–Crippen LogP) is 2.13. The first-order valence-electron chi connectivity index (χ1n) is 6.21. The molecular formula is C13H20N2OS. The summed E-state index contributed by atoms with van der Waals surface area (Å²) in [6.45, 7) is 4.92. The molecule has 4 heteroatoms. The van der Waals surface area contributed by atoms with Crippen LogP contribution >= 0.6 is 11.3 Å². The summed E-state index contributed by atoms with van der Waals surface area (Å²) in [5, 5.41) is 3.22. The third-order valence-corrected chi connectivity index (χ3v) is 4.33. The molecule has 0 unspecified atom stereocenters. The third-order valence-electron chi connectivity index (χ3n) is 3.35. The molecule has 1 aliphatic rings. The molecule has 1 amide bonds. The molecule has 0 atom stereocenters. The number of likely N-dealkylation sites (tertiary alicyclic amines) is 1. The standard InChI is InChI=1S/C13H20N2OS/c1-10-3-4-12(17-10)13(16)15-7-5-11(6-8-15)9-14-2/h3-4,11,14H,5-9H2,1-2H3. The second-order valence-corrected chi connectivity index (χ2v) is 5.99. The number of piperidine rings is 1. The summed E-state index contributed by atoms with van der Waals surface area (Å²) < 4.78 is 0. The van der Waals surface area contributed by atoms with Gasteiger partial charge in [0.25, 0.3) is 5.91 Å². The van der Waals surface area contributed by atoms with Crippen LogP contribution in [0.2, 0.25) is 0 Å². The normalized spacial score (nSPS) is 17.4. The molecule has 0 spiro atoms. The Balaban J connectivity index is 1.90. The maximum atomic E-state index is 12.2. The molecule has 1 aromatic heterocycles. The van der Waals surface area contributed by atoms with Crippen molar-refractivity contribution in [2.75, 3.05) is 26.7 Å². The summed E-state index contributed by atoms with van der Waals surface area (Å²) in [6, 6.07) is 3.97. The van der Waals surface area contributed by atoms with Crippen molar-refractivity contribution in [3.63, 3.8) is 0 Å². The van der Waals surface area contributed by atoms with Gasteiger partial charge in [-0.25, -0.2) is 0 Å². The Morgan fingerprint density at radius 1 is 1.47 bits per heavy atom. The van der Waals surface area contributed by atoms with E-state index in [0.717, 1.165) is 43.3 Å². The first-order chi connectivity index (χ1) is 8.20. The number of rotatable bonds is 3. The summed E-state index contributed by atoms with van der Waals surface area (Å²) in [4.78, 5) is 16.3. The van der Waals surface area contributed by atoms with E-state index in [0.29, 0.717) is 0 Å². The van der Waals surface area contributed by atoms with Gasteiger partial charge in [-0.05, 0) is 51.4 Å². The largest absolute Gasteiger partial charge is 0.338 e. The summed E-state index contributed by atoms with van der Waals surface area (Å²) in [7, 11) is 1.99. The number of nitrogens with one attached hydrogen (secondary N) is 1. The Hall–Kier alpha value is -0.870. The van der Waals surface area contributed by atoms with Crippen LogP contribution in [0.3, 0.4) is 0 Å². The molecule has 0 bridgehead atoms. The molecule has 0 saturated carbocycles. The zero-order valence-corrected chi connectivity index (χ0v) is 11.3. The fourth-order valence-electron chi connectivity index (χ4n) is 2.33. The number of hydrogen-bond acceptors (Lipinski definition) is 3. The number of carbonyl (C=O) groups excluding carboxylic acids is 1. The third kappa shape index (κ3) is 3.07. The highest BCUT2D eigenvalue weighted by molar-refractivity contribution is 7.13. The average molecular weight is 252 g/mol. The first-order valence-corrected chi connectivity index (χ1v) is 7.02. The van der Waals surface area contributed by atoms with Gasteiger partial charge in [-0.3, -0.25) is 4.79 Å². The lowest BCUT2D eigenvalue weighted by Crippen LogP contribution is -2.40. The molecule has 94 valence electrons. The van der Waals surface area contributed by atoms with Gasteiger partial charge < -0.3 is 10.2 Å². The van der Waals surface area contributed by atoms with Crippen molar-refractivity contribution in [2.24, 2.45) is 5.92 Å². The molecule has 1 fully saturated rings. The van der Waals surface area contributed by atoms with Crippen molar-refractivity contribution in [2.45, 2.75) is 19.8 Å². The smallest absolute Gasteiger partial charge is 0.263 e. The molecule has 3 nitrogen and oxygen atoms in total. The van der Waals surface area contributed by atoms with E-state index in [1.807, 2.05) is 31.0 Å². The van der Waals surface area contributed by atoms with E-state index in [1.54, 1.807) is 11.3 Å². The molecule has 1 aromatic rings. The van der Waals surface area contributed by atoms with Crippen LogP contribution in [0, 0.1) is 12.8 Å². The quantitative estimate of drug-likeness (QED) is 0.894. The Kier molecular flexibility index (Phi) is 4.18. The molecule has 2 rings (SSSR count). The molecule has 1 N–H and O–H groups in total. The van der Waals surface area contributed by atoms with E-state index in [9.17, 15) is 4.79 Å². The molecule has 1 saturated heterocycles. The van der Waals surface area contributed by atoms with Gasteiger partial charge in [-0.15, -0.1) is 11.3 Å². The van der Waals surface area contributed by atoms with Crippen LogP contribution in [0.4, 0.5) is 0 Å². The van der Waals surface area contributed by atoms with Crippen molar-refractivity contribution >= 4 is 17.2 Å².